The maximum Gasteiger partial charge on any atom is 0.126 e. The van der Waals surface area contributed by atoms with E-state index in [2.05, 4.69) is 27.8 Å². The summed E-state index contributed by atoms with van der Waals surface area (Å²) in [5, 5.41) is 0. The number of hydrogen-bond acceptors (Lipinski definition) is 2. The van der Waals surface area contributed by atoms with Gasteiger partial charge in [0.25, 0.3) is 0 Å². The molecule has 21 heavy (non-hydrogen) atoms. The summed E-state index contributed by atoms with van der Waals surface area (Å²) in [7, 11) is 2.02. The average molecular weight is 324 g/mol. The van der Waals surface area contributed by atoms with E-state index in [0.29, 0.717) is 0 Å². The summed E-state index contributed by atoms with van der Waals surface area (Å²) in [6.45, 7) is 0. The SMILES string of the molecule is Cl.Cl.Cn1c([C@@H](N)Cc2ccccc2)nc2ccccc21. The summed E-state index contributed by atoms with van der Waals surface area (Å²) in [5.74, 6) is 0.935. The molecule has 2 aromatic carbocycles. The van der Waals surface area contributed by atoms with E-state index < -0.39 is 0 Å². The van der Waals surface area contributed by atoms with Gasteiger partial charge in [-0.15, -0.1) is 24.8 Å². The number of nitrogens with two attached hydrogens (primary N) is 1. The second-order valence-electron chi connectivity index (χ2n) is 4.81. The number of benzene rings is 2. The third-order valence-corrected chi connectivity index (χ3v) is 3.45. The van der Waals surface area contributed by atoms with E-state index in [9.17, 15) is 0 Å². The van der Waals surface area contributed by atoms with Crippen LogP contribution in [-0.4, -0.2) is 9.55 Å². The average Bonchev–Trinajstić information content (AvgIpc) is 2.78. The first-order valence-electron chi connectivity index (χ1n) is 6.46. The highest BCUT2D eigenvalue weighted by molar-refractivity contribution is 5.85. The van der Waals surface area contributed by atoms with Gasteiger partial charge < -0.3 is 10.3 Å². The zero-order valence-electron chi connectivity index (χ0n) is 11.8. The van der Waals surface area contributed by atoms with Crippen LogP contribution in [0.3, 0.4) is 0 Å². The zero-order chi connectivity index (χ0) is 13.2. The molecule has 5 heteroatoms. The first-order chi connectivity index (χ1) is 9.25. The molecule has 0 amide bonds. The lowest BCUT2D eigenvalue weighted by Gasteiger charge is -2.11. The normalized spacial score (nSPS) is 11.5. The van der Waals surface area contributed by atoms with E-state index in [4.69, 9.17) is 5.73 Å². The van der Waals surface area contributed by atoms with Crippen LogP contribution in [0, 0.1) is 0 Å². The maximum atomic E-state index is 6.31. The minimum absolute atomic E-state index is 0. The molecule has 0 aliphatic carbocycles. The quantitative estimate of drug-likeness (QED) is 0.799. The van der Waals surface area contributed by atoms with E-state index in [-0.39, 0.29) is 30.9 Å². The van der Waals surface area contributed by atoms with Crippen LogP contribution < -0.4 is 5.73 Å². The van der Waals surface area contributed by atoms with Crippen LogP contribution in [0.2, 0.25) is 0 Å². The standard InChI is InChI=1S/C16H17N3.2ClH/c1-19-15-10-6-5-9-14(15)18-16(19)13(17)11-12-7-3-2-4-8-12;;/h2-10,13H,11,17H2,1H3;2*1H/t13-;;/m0../s1. The predicted molar refractivity (Wildman–Crippen MR) is 92.3 cm³/mol. The van der Waals surface area contributed by atoms with Gasteiger partial charge in [-0.1, -0.05) is 42.5 Å². The Hall–Kier alpha value is -1.55. The van der Waals surface area contributed by atoms with Crippen molar-refractivity contribution in [3.05, 3.63) is 66.0 Å². The molecule has 0 saturated carbocycles. The highest BCUT2D eigenvalue weighted by Crippen LogP contribution is 2.20. The molecule has 3 rings (SSSR count). The Balaban J connectivity index is 0.00000110. The van der Waals surface area contributed by atoms with E-state index in [1.807, 2.05) is 43.4 Å². The lowest BCUT2D eigenvalue weighted by molar-refractivity contribution is 0.638. The Morgan fingerprint density at radius 3 is 2.29 bits per heavy atom. The smallest absolute Gasteiger partial charge is 0.126 e. The van der Waals surface area contributed by atoms with Crippen LogP contribution >= 0.6 is 24.8 Å². The number of rotatable bonds is 3. The predicted octanol–water partition coefficient (Wildman–Crippen LogP) is 3.66. The number of halogens is 2. The van der Waals surface area contributed by atoms with E-state index in [1.54, 1.807) is 0 Å². The molecule has 0 bridgehead atoms. The van der Waals surface area contributed by atoms with Gasteiger partial charge in [-0.3, -0.25) is 0 Å². The first kappa shape index (κ1) is 17.5. The molecule has 2 N–H and O–H groups in total. The third-order valence-electron chi connectivity index (χ3n) is 3.45. The fourth-order valence-corrected chi connectivity index (χ4v) is 2.46. The number of aryl methyl sites for hydroxylation is 1. The van der Waals surface area contributed by atoms with E-state index in [1.165, 1.54) is 5.56 Å². The monoisotopic (exact) mass is 323 g/mol. The second kappa shape index (κ2) is 7.46. The van der Waals surface area contributed by atoms with Gasteiger partial charge in [-0.2, -0.15) is 0 Å². The molecule has 0 fully saturated rings. The molecule has 0 unspecified atom stereocenters. The Morgan fingerprint density at radius 1 is 1.00 bits per heavy atom. The number of nitrogens with zero attached hydrogens (tertiary/aromatic N) is 2. The summed E-state index contributed by atoms with van der Waals surface area (Å²) in [6.07, 6.45) is 0.804. The van der Waals surface area contributed by atoms with Crippen LogP contribution in [-0.2, 0) is 13.5 Å². The van der Waals surface area contributed by atoms with Crippen molar-refractivity contribution in [2.24, 2.45) is 12.8 Å². The van der Waals surface area contributed by atoms with Gasteiger partial charge in [0.15, 0.2) is 0 Å². The van der Waals surface area contributed by atoms with Gasteiger partial charge in [-0.25, -0.2) is 4.98 Å². The fraction of sp³-hybridized carbons (Fsp3) is 0.188. The van der Waals surface area contributed by atoms with E-state index >= 15 is 0 Å². The summed E-state index contributed by atoms with van der Waals surface area (Å²) >= 11 is 0. The Morgan fingerprint density at radius 2 is 1.62 bits per heavy atom. The minimum Gasteiger partial charge on any atom is -0.330 e. The van der Waals surface area contributed by atoms with Crippen molar-refractivity contribution in [2.75, 3.05) is 0 Å². The van der Waals surface area contributed by atoms with Gasteiger partial charge in [0.1, 0.15) is 5.82 Å². The highest BCUT2D eigenvalue weighted by Gasteiger charge is 2.14. The van der Waals surface area contributed by atoms with Crippen molar-refractivity contribution in [1.29, 1.82) is 0 Å². The Kier molecular flexibility index (Phi) is 6.21. The van der Waals surface area contributed by atoms with Crippen LogP contribution in [0.4, 0.5) is 0 Å². The lowest BCUT2D eigenvalue weighted by atomic mass is 10.1. The van der Waals surface area contributed by atoms with Gasteiger partial charge >= 0.3 is 0 Å². The number of aromatic nitrogens is 2. The van der Waals surface area contributed by atoms with Crippen molar-refractivity contribution >= 4 is 35.8 Å². The van der Waals surface area contributed by atoms with E-state index in [0.717, 1.165) is 23.3 Å². The molecule has 112 valence electrons. The Bertz CT molecular complexity index is 695. The molecule has 3 nitrogen and oxygen atoms in total. The molecular weight excluding hydrogens is 305 g/mol. The van der Waals surface area contributed by atoms with Gasteiger partial charge in [0.05, 0.1) is 17.1 Å². The number of fused-ring (bicyclic) bond motifs is 1. The largest absolute Gasteiger partial charge is 0.330 e. The van der Waals surface area contributed by atoms with Crippen LogP contribution in [0.15, 0.2) is 54.6 Å². The van der Waals surface area contributed by atoms with Crippen LogP contribution in [0.25, 0.3) is 11.0 Å². The molecular formula is C16H19Cl2N3. The first-order valence-corrected chi connectivity index (χ1v) is 6.46. The van der Waals surface area contributed by atoms with Crippen molar-refractivity contribution in [3.8, 4) is 0 Å². The topological polar surface area (TPSA) is 43.8 Å². The van der Waals surface area contributed by atoms with Crippen molar-refractivity contribution in [3.63, 3.8) is 0 Å². The van der Waals surface area contributed by atoms with Crippen LogP contribution in [0.5, 0.6) is 0 Å². The minimum atomic E-state index is -0.0835. The van der Waals surface area contributed by atoms with Gasteiger partial charge in [0, 0.05) is 7.05 Å². The maximum absolute atomic E-state index is 6.31. The number of hydrogen-bond donors (Lipinski definition) is 1. The molecule has 1 heterocycles. The summed E-state index contributed by atoms with van der Waals surface area (Å²) in [6, 6.07) is 18.3. The van der Waals surface area contributed by atoms with Crippen molar-refractivity contribution < 1.29 is 0 Å². The highest BCUT2D eigenvalue weighted by atomic mass is 35.5. The number of imidazole rings is 1. The zero-order valence-corrected chi connectivity index (χ0v) is 13.4. The van der Waals surface area contributed by atoms with Crippen LogP contribution in [0.1, 0.15) is 17.4 Å². The Labute approximate surface area is 137 Å². The summed E-state index contributed by atoms with van der Waals surface area (Å²) < 4.78 is 2.09. The number of para-hydroxylation sites is 2. The molecule has 0 aliphatic rings. The van der Waals surface area contributed by atoms with Crippen molar-refractivity contribution in [2.45, 2.75) is 12.5 Å². The molecule has 0 radical (unpaired) electrons. The van der Waals surface area contributed by atoms with Gasteiger partial charge in [0.2, 0.25) is 0 Å². The third kappa shape index (κ3) is 3.56. The molecule has 0 saturated heterocycles. The fourth-order valence-electron chi connectivity index (χ4n) is 2.46. The molecule has 0 spiro atoms. The molecule has 1 aromatic heterocycles. The summed E-state index contributed by atoms with van der Waals surface area (Å²) in [5.41, 5.74) is 9.68. The second-order valence-corrected chi connectivity index (χ2v) is 4.81. The molecule has 3 aromatic rings. The van der Waals surface area contributed by atoms with Crippen molar-refractivity contribution in [1.82, 2.24) is 9.55 Å². The molecule has 0 aliphatic heterocycles. The summed E-state index contributed by atoms with van der Waals surface area (Å²) in [4.78, 5) is 4.65. The lowest BCUT2D eigenvalue weighted by Crippen LogP contribution is -2.17. The molecule has 1 atom stereocenters. The van der Waals surface area contributed by atoms with Gasteiger partial charge in [-0.05, 0) is 24.1 Å².